The zero-order chi connectivity index (χ0) is 35.0. The minimum absolute atomic E-state index is 0.00393. The Bertz CT molecular complexity index is 1020. The van der Waals surface area contributed by atoms with Crippen LogP contribution < -0.4 is 27.0 Å². The summed E-state index contributed by atoms with van der Waals surface area (Å²) in [6.45, 7) is 11.2. The largest absolute Gasteiger partial charge is 0.349 e. The van der Waals surface area contributed by atoms with Crippen molar-refractivity contribution >= 4 is 41.3 Å². The Hall–Kier alpha value is -2.34. The Morgan fingerprint density at radius 3 is 2.11 bits per heavy atom. The van der Waals surface area contributed by atoms with E-state index in [2.05, 4.69) is 47.8 Å². The van der Waals surface area contributed by atoms with Crippen LogP contribution in [0.5, 0.6) is 0 Å². The molecule has 1 saturated heterocycles. The highest BCUT2D eigenvalue weighted by Crippen LogP contribution is 2.36. The van der Waals surface area contributed by atoms with Gasteiger partial charge in [-0.05, 0) is 64.3 Å². The monoisotopic (exact) mass is 680 g/mol. The molecule has 0 aromatic carbocycles. The molecular weight excluding hydrogens is 616 g/mol. The average molecular weight is 681 g/mol. The molecule has 3 aliphatic rings. The van der Waals surface area contributed by atoms with Gasteiger partial charge in [-0.15, -0.1) is 0 Å². The third-order valence-electron chi connectivity index (χ3n) is 9.45. The summed E-state index contributed by atoms with van der Waals surface area (Å²) in [4.78, 5) is 68.4. The molecule has 0 aromatic heterocycles. The molecule has 1 heterocycles. The van der Waals surface area contributed by atoms with E-state index in [0.717, 1.165) is 63.5 Å². The summed E-state index contributed by atoms with van der Waals surface area (Å²) in [5, 5.41) is 11.9. The van der Waals surface area contributed by atoms with Crippen LogP contribution in [-0.2, 0) is 19.2 Å². The van der Waals surface area contributed by atoms with Crippen LogP contribution >= 0.6 is 11.8 Å². The molecule has 11 nitrogen and oxygen atoms in total. The number of nitrogens with two attached hydrogens (primary N) is 1. The Labute approximate surface area is 287 Å². The van der Waals surface area contributed by atoms with Crippen LogP contribution in [-0.4, -0.2) is 88.7 Å². The number of nitrogens with one attached hydrogen (secondary N) is 4. The van der Waals surface area contributed by atoms with Crippen molar-refractivity contribution in [2.24, 2.45) is 11.7 Å². The van der Waals surface area contributed by atoms with Gasteiger partial charge in [0.1, 0.15) is 12.1 Å². The van der Waals surface area contributed by atoms with Crippen LogP contribution in [0.4, 0.5) is 4.79 Å². The molecule has 3 atom stereocenters. The molecule has 6 N–H and O–H groups in total. The first kappa shape index (κ1) is 40.8. The summed E-state index contributed by atoms with van der Waals surface area (Å²) in [5.41, 5.74) is 4.20. The van der Waals surface area contributed by atoms with Crippen molar-refractivity contribution in [2.45, 2.75) is 159 Å². The van der Waals surface area contributed by atoms with Crippen molar-refractivity contribution in [3.63, 3.8) is 0 Å². The van der Waals surface area contributed by atoms with Gasteiger partial charge in [0.15, 0.2) is 0 Å². The summed E-state index contributed by atoms with van der Waals surface area (Å²) in [7, 11) is 1.50. The minimum atomic E-state index is -0.937. The molecule has 0 radical (unpaired) electrons. The number of nitrogens with zero attached hydrogens (tertiary/aromatic N) is 1. The molecule has 0 spiro atoms. The number of ketones is 1. The number of carbonyl (C=O) groups excluding carboxylic acids is 5. The van der Waals surface area contributed by atoms with E-state index in [1.54, 1.807) is 4.90 Å². The molecule has 0 aromatic rings. The molecule has 1 aliphatic heterocycles. The van der Waals surface area contributed by atoms with Crippen LogP contribution in [0.1, 0.15) is 131 Å². The molecule has 270 valence electrons. The molecule has 5 amide bonds. The van der Waals surface area contributed by atoms with Gasteiger partial charge >= 0.3 is 6.03 Å². The van der Waals surface area contributed by atoms with E-state index in [0.29, 0.717) is 45.2 Å². The van der Waals surface area contributed by atoms with Gasteiger partial charge in [0.05, 0.1) is 11.6 Å². The normalized spacial score (nSPS) is 21.0. The van der Waals surface area contributed by atoms with Gasteiger partial charge in [-0.25, -0.2) is 4.79 Å². The standard InChI is InChI=1S/C34H59N5O5S.CH5N/c1-6-15-25(28(40)30(42)35-21-7-2)36-29(41)26-18-14-22-39(26)31(43)27(24-16-10-8-11-17-24)37-32(44)38-34(19-12-9-13-20-34)23-45-33(3,4)5;1-2/h24-27H,6-23H2,1-5H3,(H,35,42)(H,36,41)(H2,37,38,44);2H2,1H3/t25?,26-,27?;/m0./s1. The third-order valence-corrected chi connectivity index (χ3v) is 11.0. The number of amides is 5. The quantitative estimate of drug-likeness (QED) is 0.170. The fraction of sp³-hybridized carbons (Fsp3) is 0.857. The van der Waals surface area contributed by atoms with Gasteiger partial charge in [0, 0.05) is 23.6 Å². The highest BCUT2D eigenvalue weighted by Gasteiger charge is 2.43. The molecule has 0 bridgehead atoms. The lowest BCUT2D eigenvalue weighted by molar-refractivity contribution is -0.143. The van der Waals surface area contributed by atoms with Crippen molar-refractivity contribution in [1.29, 1.82) is 0 Å². The highest BCUT2D eigenvalue weighted by molar-refractivity contribution is 8.00. The summed E-state index contributed by atoms with van der Waals surface area (Å²) in [5.74, 6) is -1.16. The van der Waals surface area contributed by atoms with Crippen molar-refractivity contribution in [1.82, 2.24) is 26.2 Å². The van der Waals surface area contributed by atoms with Gasteiger partial charge < -0.3 is 31.9 Å². The number of rotatable bonds is 14. The topological polar surface area (TPSA) is 163 Å². The SMILES string of the molecule is CCCNC(=O)C(=O)C(CCC)NC(=O)[C@@H]1CCCN1C(=O)C(NC(=O)NC1(CSC(C)(C)C)CCCCC1)C1CCCCC1.CN. The van der Waals surface area contributed by atoms with Crippen LogP contribution in [0.2, 0.25) is 0 Å². The first-order valence-electron chi connectivity index (χ1n) is 18.1. The van der Waals surface area contributed by atoms with Gasteiger partial charge in [-0.1, -0.05) is 79.6 Å². The molecule has 2 saturated carbocycles. The van der Waals surface area contributed by atoms with E-state index >= 15 is 0 Å². The van der Waals surface area contributed by atoms with Gasteiger partial charge in [-0.2, -0.15) is 11.8 Å². The van der Waals surface area contributed by atoms with Crippen LogP contribution in [0.25, 0.3) is 0 Å². The number of likely N-dealkylation sites (tertiary alicyclic amines) is 1. The van der Waals surface area contributed by atoms with Crippen molar-refractivity contribution in [3.8, 4) is 0 Å². The predicted octanol–water partition coefficient (Wildman–Crippen LogP) is 4.42. The van der Waals surface area contributed by atoms with E-state index in [1.165, 1.54) is 13.5 Å². The van der Waals surface area contributed by atoms with Crippen LogP contribution in [0, 0.1) is 5.92 Å². The van der Waals surface area contributed by atoms with E-state index in [-0.39, 0.29) is 28.1 Å². The maximum atomic E-state index is 14.3. The van der Waals surface area contributed by atoms with Crippen molar-refractivity contribution in [3.05, 3.63) is 0 Å². The minimum Gasteiger partial charge on any atom is -0.349 e. The Morgan fingerprint density at radius 2 is 1.51 bits per heavy atom. The van der Waals surface area contributed by atoms with Crippen LogP contribution in [0.3, 0.4) is 0 Å². The lowest BCUT2D eigenvalue weighted by Gasteiger charge is -2.40. The molecule has 47 heavy (non-hydrogen) atoms. The fourth-order valence-electron chi connectivity index (χ4n) is 6.95. The number of carbonyl (C=O) groups is 5. The molecule has 3 rings (SSSR count). The lowest BCUT2D eigenvalue weighted by Crippen LogP contribution is -2.61. The molecule has 3 fully saturated rings. The Kier molecular flexibility index (Phi) is 17.6. The summed E-state index contributed by atoms with van der Waals surface area (Å²) >= 11 is 1.86. The Balaban J connectivity index is 0.00000376. The molecule has 12 heteroatoms. The highest BCUT2D eigenvalue weighted by atomic mass is 32.2. The van der Waals surface area contributed by atoms with E-state index in [9.17, 15) is 24.0 Å². The first-order chi connectivity index (χ1) is 22.4. The molecule has 2 aliphatic carbocycles. The van der Waals surface area contributed by atoms with E-state index < -0.39 is 35.7 Å². The van der Waals surface area contributed by atoms with Crippen LogP contribution in [0.15, 0.2) is 0 Å². The summed E-state index contributed by atoms with van der Waals surface area (Å²) in [6, 6.07) is -2.70. The van der Waals surface area contributed by atoms with Gasteiger partial charge in [0.2, 0.25) is 17.6 Å². The predicted molar refractivity (Wildman–Crippen MR) is 190 cm³/mol. The van der Waals surface area contributed by atoms with Gasteiger partial charge in [0.25, 0.3) is 5.91 Å². The summed E-state index contributed by atoms with van der Waals surface area (Å²) < 4.78 is 0.0780. The first-order valence-corrected chi connectivity index (χ1v) is 19.1. The van der Waals surface area contributed by atoms with Crippen molar-refractivity contribution < 1.29 is 24.0 Å². The van der Waals surface area contributed by atoms with E-state index in [1.807, 2.05) is 25.6 Å². The number of urea groups is 1. The average Bonchev–Trinajstić information content (AvgIpc) is 3.56. The number of thioether (sulfide) groups is 1. The smallest absolute Gasteiger partial charge is 0.315 e. The van der Waals surface area contributed by atoms with E-state index in [4.69, 9.17) is 0 Å². The third kappa shape index (κ3) is 12.9. The zero-order valence-corrected chi connectivity index (χ0v) is 30.8. The number of Topliss-reactive ketones (excluding diaryl/α,β-unsaturated/α-hetero) is 1. The fourth-order valence-corrected chi connectivity index (χ4v) is 8.02. The maximum absolute atomic E-state index is 14.3. The summed E-state index contributed by atoms with van der Waals surface area (Å²) in [6.07, 6.45) is 12.8. The zero-order valence-electron chi connectivity index (χ0n) is 30.0. The second-order valence-electron chi connectivity index (χ2n) is 14.4. The Morgan fingerprint density at radius 1 is 0.872 bits per heavy atom. The number of hydrogen-bond donors (Lipinski definition) is 5. The molecule has 2 unspecified atom stereocenters. The maximum Gasteiger partial charge on any atom is 0.315 e. The lowest BCUT2D eigenvalue weighted by atomic mass is 9.82. The number of hydrogen-bond acceptors (Lipinski definition) is 7. The van der Waals surface area contributed by atoms with Crippen molar-refractivity contribution in [2.75, 3.05) is 25.9 Å². The molecular formula is C35H64N6O5S. The second-order valence-corrected chi connectivity index (χ2v) is 16.2. The van der Waals surface area contributed by atoms with Gasteiger partial charge in [-0.3, -0.25) is 19.2 Å². The second kappa shape index (κ2) is 20.2.